The molecule has 2 aliphatic rings. The Bertz CT molecular complexity index is 1350. The number of thiazole rings is 1. The van der Waals surface area contributed by atoms with E-state index in [-0.39, 0.29) is 30.7 Å². The van der Waals surface area contributed by atoms with E-state index in [1.54, 1.807) is 34.4 Å². The van der Waals surface area contributed by atoms with Crippen molar-refractivity contribution >= 4 is 40.3 Å². The van der Waals surface area contributed by atoms with Gasteiger partial charge < -0.3 is 14.4 Å². The predicted octanol–water partition coefficient (Wildman–Crippen LogP) is 4.64. The average Bonchev–Trinajstić information content (AvgIpc) is 3.32. The Morgan fingerprint density at radius 1 is 1.08 bits per heavy atom. The highest BCUT2D eigenvalue weighted by Gasteiger charge is 2.35. The lowest BCUT2D eigenvalue weighted by atomic mass is 10.0. The molecule has 9 heteroatoms. The number of rotatable bonds is 7. The van der Waals surface area contributed by atoms with Crippen LogP contribution in [0.1, 0.15) is 42.1 Å². The zero-order valence-corrected chi connectivity index (χ0v) is 21.3. The van der Waals surface area contributed by atoms with E-state index >= 15 is 0 Å². The molecule has 8 nitrogen and oxygen atoms in total. The summed E-state index contributed by atoms with van der Waals surface area (Å²) >= 11 is 1.55. The molecule has 2 amide bonds. The van der Waals surface area contributed by atoms with Crippen molar-refractivity contribution in [3.8, 4) is 22.8 Å². The second-order valence-electron chi connectivity index (χ2n) is 8.81. The number of carbonyl (C=O) groups excluding carboxylic acids is 3. The molecule has 0 spiro atoms. The van der Waals surface area contributed by atoms with E-state index in [0.29, 0.717) is 41.4 Å². The minimum absolute atomic E-state index is 0.0153. The number of aryl methyl sites for hydroxylation is 1. The van der Waals surface area contributed by atoms with Gasteiger partial charge in [-0.2, -0.15) is 0 Å². The number of ether oxygens (including phenoxy) is 2. The summed E-state index contributed by atoms with van der Waals surface area (Å²) in [5, 5.41) is 2.91. The van der Waals surface area contributed by atoms with Crippen LogP contribution in [0.15, 0.2) is 41.8 Å². The Balaban J connectivity index is 1.48. The van der Waals surface area contributed by atoms with Gasteiger partial charge in [-0.1, -0.05) is 13.8 Å². The van der Waals surface area contributed by atoms with Crippen LogP contribution in [-0.2, 0) is 9.59 Å². The van der Waals surface area contributed by atoms with Crippen molar-refractivity contribution in [2.45, 2.75) is 39.7 Å². The lowest BCUT2D eigenvalue weighted by Crippen LogP contribution is -2.47. The predicted molar refractivity (Wildman–Crippen MR) is 138 cm³/mol. The summed E-state index contributed by atoms with van der Waals surface area (Å²) in [6.45, 7) is 6.19. The van der Waals surface area contributed by atoms with Crippen molar-refractivity contribution in [2.24, 2.45) is 0 Å². The van der Waals surface area contributed by atoms with Gasteiger partial charge in [0.1, 0.15) is 11.5 Å². The molecular formula is C27H27N3O5S. The van der Waals surface area contributed by atoms with Crippen molar-refractivity contribution in [2.75, 3.05) is 29.5 Å². The third kappa shape index (κ3) is 4.35. The molecule has 0 fully saturated rings. The summed E-state index contributed by atoms with van der Waals surface area (Å²) in [5.41, 5.74) is 3.20. The number of carbonyl (C=O) groups is 3. The van der Waals surface area contributed by atoms with Crippen LogP contribution in [-0.4, -0.2) is 48.4 Å². The first-order valence-electron chi connectivity index (χ1n) is 12.0. The van der Waals surface area contributed by atoms with Crippen LogP contribution in [0, 0.1) is 6.92 Å². The molecule has 1 unspecified atom stereocenters. The number of nitrogens with zero attached hydrogens (tertiary/aromatic N) is 3. The number of anilines is 2. The Kier molecular flexibility index (Phi) is 6.49. The summed E-state index contributed by atoms with van der Waals surface area (Å²) in [6.07, 6.45) is 0.606. The summed E-state index contributed by atoms with van der Waals surface area (Å²) < 4.78 is 11.5. The molecule has 0 radical (unpaired) electrons. The molecule has 0 saturated heterocycles. The number of Topliss-reactive ketones (excluding diaryl/α,β-unsaturated/α-hetero) is 1. The number of hydrogen-bond donors (Lipinski definition) is 0. The number of ketones is 1. The Morgan fingerprint density at radius 3 is 2.58 bits per heavy atom. The largest absolute Gasteiger partial charge is 0.482 e. The fraction of sp³-hybridized carbons (Fsp3) is 0.333. The van der Waals surface area contributed by atoms with Crippen LogP contribution in [0.25, 0.3) is 11.3 Å². The third-order valence-corrected chi connectivity index (χ3v) is 7.09. The maximum Gasteiger partial charge on any atom is 0.268 e. The summed E-state index contributed by atoms with van der Waals surface area (Å²) in [7, 11) is 0. The van der Waals surface area contributed by atoms with Crippen LogP contribution in [0.4, 0.5) is 11.4 Å². The maximum atomic E-state index is 13.5. The first-order chi connectivity index (χ1) is 17.4. The quantitative estimate of drug-likeness (QED) is 0.435. The standard InChI is InChI=1S/C27H27N3O5S/c1-4-10-29-20-12-18(7-8-24(20)34-14-26(29)32)22(31)13-30-21-11-17(19-15-36-16(3)28-19)6-9-25(21)35-23(5-2)27(30)33/h6-9,11-12,15,23H,4-5,10,13-14H2,1-3H3. The summed E-state index contributed by atoms with van der Waals surface area (Å²) in [5.74, 6) is 0.499. The topological polar surface area (TPSA) is 89.0 Å². The highest BCUT2D eigenvalue weighted by atomic mass is 32.1. The highest BCUT2D eigenvalue weighted by Crippen LogP contribution is 2.39. The van der Waals surface area contributed by atoms with Crippen molar-refractivity contribution in [1.29, 1.82) is 0 Å². The van der Waals surface area contributed by atoms with E-state index in [1.165, 1.54) is 4.90 Å². The molecule has 2 aromatic carbocycles. The molecule has 3 aromatic rings. The maximum absolute atomic E-state index is 13.5. The van der Waals surface area contributed by atoms with E-state index in [9.17, 15) is 14.4 Å². The number of hydrogen-bond acceptors (Lipinski definition) is 7. The van der Waals surface area contributed by atoms with Gasteiger partial charge in [0.15, 0.2) is 18.5 Å². The van der Waals surface area contributed by atoms with Gasteiger partial charge in [0.05, 0.1) is 28.6 Å². The minimum atomic E-state index is -0.660. The summed E-state index contributed by atoms with van der Waals surface area (Å²) in [6, 6.07) is 10.7. The van der Waals surface area contributed by atoms with Gasteiger partial charge in [0, 0.05) is 23.1 Å². The third-order valence-electron chi connectivity index (χ3n) is 6.32. The zero-order chi connectivity index (χ0) is 25.4. The van der Waals surface area contributed by atoms with Gasteiger partial charge in [-0.25, -0.2) is 4.98 Å². The molecule has 3 heterocycles. The first-order valence-corrected chi connectivity index (χ1v) is 12.9. The molecule has 0 N–H and O–H groups in total. The Hall–Kier alpha value is -3.72. The second-order valence-corrected chi connectivity index (χ2v) is 9.88. The Morgan fingerprint density at radius 2 is 1.86 bits per heavy atom. The first kappa shape index (κ1) is 24.0. The smallest absolute Gasteiger partial charge is 0.268 e. The fourth-order valence-corrected chi connectivity index (χ4v) is 5.10. The molecular weight excluding hydrogens is 478 g/mol. The monoisotopic (exact) mass is 505 g/mol. The van der Waals surface area contributed by atoms with Crippen LogP contribution in [0.3, 0.4) is 0 Å². The van der Waals surface area contributed by atoms with Crippen molar-refractivity contribution in [3.05, 3.63) is 52.3 Å². The molecule has 0 aliphatic carbocycles. The minimum Gasteiger partial charge on any atom is -0.482 e. The molecule has 36 heavy (non-hydrogen) atoms. The molecule has 2 aliphatic heterocycles. The van der Waals surface area contributed by atoms with E-state index in [2.05, 4.69) is 4.98 Å². The van der Waals surface area contributed by atoms with Crippen molar-refractivity contribution < 1.29 is 23.9 Å². The van der Waals surface area contributed by atoms with E-state index in [0.717, 1.165) is 22.7 Å². The Labute approximate surface area is 213 Å². The second kappa shape index (κ2) is 9.73. The lowest BCUT2D eigenvalue weighted by molar-refractivity contribution is -0.126. The van der Waals surface area contributed by atoms with Gasteiger partial charge in [0.25, 0.3) is 11.8 Å². The number of aromatic nitrogens is 1. The van der Waals surface area contributed by atoms with Gasteiger partial charge in [-0.3, -0.25) is 19.3 Å². The molecule has 0 saturated carbocycles. The molecule has 1 atom stereocenters. The van der Waals surface area contributed by atoms with Crippen LogP contribution in [0.5, 0.6) is 11.5 Å². The van der Waals surface area contributed by atoms with Crippen molar-refractivity contribution in [1.82, 2.24) is 4.98 Å². The summed E-state index contributed by atoms with van der Waals surface area (Å²) in [4.78, 5) is 46.9. The van der Waals surface area contributed by atoms with Gasteiger partial charge in [-0.15, -0.1) is 11.3 Å². The highest BCUT2D eigenvalue weighted by molar-refractivity contribution is 7.09. The van der Waals surface area contributed by atoms with E-state index in [1.807, 2.05) is 44.4 Å². The lowest BCUT2D eigenvalue weighted by Gasteiger charge is -2.34. The van der Waals surface area contributed by atoms with Crippen LogP contribution < -0.4 is 19.3 Å². The number of fused-ring (bicyclic) bond motifs is 2. The molecule has 0 bridgehead atoms. The normalized spacial score (nSPS) is 16.8. The van der Waals surface area contributed by atoms with Gasteiger partial charge in [0.2, 0.25) is 0 Å². The SMILES string of the molecule is CCCN1C(=O)COc2ccc(C(=O)CN3C(=O)C(CC)Oc4ccc(-c5csc(C)n5)cc43)cc21. The van der Waals surface area contributed by atoms with Crippen LogP contribution in [0.2, 0.25) is 0 Å². The number of benzene rings is 2. The van der Waals surface area contributed by atoms with E-state index < -0.39 is 6.10 Å². The van der Waals surface area contributed by atoms with E-state index in [4.69, 9.17) is 9.47 Å². The number of amides is 2. The average molecular weight is 506 g/mol. The fourth-order valence-electron chi connectivity index (χ4n) is 4.48. The van der Waals surface area contributed by atoms with Gasteiger partial charge in [-0.05, 0) is 56.2 Å². The zero-order valence-electron chi connectivity index (χ0n) is 20.4. The van der Waals surface area contributed by atoms with Gasteiger partial charge >= 0.3 is 0 Å². The molecule has 186 valence electrons. The molecule has 5 rings (SSSR count). The van der Waals surface area contributed by atoms with Crippen molar-refractivity contribution in [3.63, 3.8) is 0 Å². The molecule has 1 aromatic heterocycles. The van der Waals surface area contributed by atoms with Crippen LogP contribution >= 0.6 is 11.3 Å².